The molecule has 1 atom stereocenters. The Morgan fingerprint density at radius 2 is 2.10 bits per heavy atom. The van der Waals surface area contributed by atoms with Crippen LogP contribution in [0.5, 0.6) is 0 Å². The number of benzene rings is 1. The summed E-state index contributed by atoms with van der Waals surface area (Å²) in [4.78, 5) is 21.3. The molecule has 1 aromatic rings. The van der Waals surface area contributed by atoms with Crippen molar-refractivity contribution in [3.8, 4) is 0 Å². The third-order valence-electron chi connectivity index (χ3n) is 5.39. The second kappa shape index (κ2) is 12.3. The van der Waals surface area contributed by atoms with Crippen molar-refractivity contribution in [3.63, 3.8) is 0 Å². The van der Waals surface area contributed by atoms with Crippen molar-refractivity contribution < 1.29 is 14.3 Å². The van der Waals surface area contributed by atoms with Gasteiger partial charge in [0, 0.05) is 45.4 Å². The Hall–Kier alpha value is -1.39. The number of halogens is 1. The van der Waals surface area contributed by atoms with Crippen LogP contribution in [-0.2, 0) is 20.7 Å². The molecule has 7 nitrogen and oxygen atoms in total. The van der Waals surface area contributed by atoms with Crippen molar-refractivity contribution in [2.24, 2.45) is 10.9 Å². The lowest BCUT2D eigenvalue weighted by atomic mass is 10.0. The molecule has 2 heterocycles. The maximum absolute atomic E-state index is 12.8. The third kappa shape index (κ3) is 6.55. The van der Waals surface area contributed by atoms with E-state index in [1.165, 1.54) is 5.56 Å². The van der Waals surface area contributed by atoms with Gasteiger partial charge in [-0.15, -0.1) is 24.0 Å². The van der Waals surface area contributed by atoms with E-state index < -0.39 is 0 Å². The van der Waals surface area contributed by atoms with Crippen LogP contribution in [0, 0.1) is 5.92 Å². The van der Waals surface area contributed by atoms with Gasteiger partial charge in [0.05, 0.1) is 26.4 Å². The van der Waals surface area contributed by atoms with E-state index in [9.17, 15) is 4.79 Å². The highest BCUT2D eigenvalue weighted by Crippen LogP contribution is 2.26. The van der Waals surface area contributed by atoms with Gasteiger partial charge in [0.2, 0.25) is 5.91 Å². The Balaban J connectivity index is 0.00000300. The molecule has 0 saturated carbocycles. The van der Waals surface area contributed by atoms with Crippen molar-refractivity contribution in [3.05, 3.63) is 29.8 Å². The summed E-state index contributed by atoms with van der Waals surface area (Å²) in [5.41, 5.74) is 2.30. The molecule has 1 N–H and O–H groups in total. The van der Waals surface area contributed by atoms with Crippen molar-refractivity contribution >= 4 is 41.5 Å². The Morgan fingerprint density at radius 1 is 1.28 bits per heavy atom. The zero-order chi connectivity index (χ0) is 19.8. The normalized spacial score (nSPS) is 19.0. The second-order valence-corrected chi connectivity index (χ2v) is 7.35. The van der Waals surface area contributed by atoms with Gasteiger partial charge in [-0.3, -0.25) is 9.79 Å². The van der Waals surface area contributed by atoms with Gasteiger partial charge in [0.15, 0.2) is 5.96 Å². The molecule has 8 heteroatoms. The fourth-order valence-corrected chi connectivity index (χ4v) is 3.93. The molecule has 0 bridgehead atoms. The maximum atomic E-state index is 12.8. The number of carbonyl (C=O) groups excluding carboxylic acids is 1. The van der Waals surface area contributed by atoms with Gasteiger partial charge < -0.3 is 24.6 Å². The number of rotatable bonds is 7. The van der Waals surface area contributed by atoms with Crippen LogP contribution in [0.25, 0.3) is 0 Å². The highest BCUT2D eigenvalue weighted by Gasteiger charge is 2.26. The number of aryl methyl sites for hydroxylation is 1. The van der Waals surface area contributed by atoms with Gasteiger partial charge in [-0.2, -0.15) is 0 Å². The molecule has 1 aromatic carbocycles. The number of methoxy groups -OCH3 is 1. The fraction of sp³-hybridized carbons (Fsp3) is 0.619. The molecule has 0 aromatic heterocycles. The van der Waals surface area contributed by atoms with E-state index in [1.54, 1.807) is 14.2 Å². The zero-order valence-electron chi connectivity index (χ0n) is 17.4. The highest BCUT2D eigenvalue weighted by atomic mass is 127. The third-order valence-corrected chi connectivity index (χ3v) is 5.39. The summed E-state index contributed by atoms with van der Waals surface area (Å²) in [5, 5.41) is 3.26. The molecule has 1 amide bonds. The van der Waals surface area contributed by atoms with E-state index >= 15 is 0 Å². The number of para-hydroxylation sites is 1. The molecule has 3 rings (SSSR count). The predicted octanol–water partition coefficient (Wildman–Crippen LogP) is 2.14. The smallest absolute Gasteiger partial charge is 0.246 e. The van der Waals surface area contributed by atoms with Gasteiger partial charge in [0.25, 0.3) is 0 Å². The number of guanidine groups is 1. The van der Waals surface area contributed by atoms with Crippen molar-refractivity contribution in [1.82, 2.24) is 10.2 Å². The largest absolute Gasteiger partial charge is 0.382 e. The molecule has 29 heavy (non-hydrogen) atoms. The SMILES string of the molecule is CN=C(NCC(=O)N1CCCc2ccccc21)N1CCC(COCCOC)C1.I. The zero-order valence-corrected chi connectivity index (χ0v) is 19.8. The first-order valence-electron chi connectivity index (χ1n) is 10.1. The number of anilines is 1. The number of aliphatic imine (C=N–C) groups is 1. The average Bonchev–Trinajstić information content (AvgIpc) is 3.20. The van der Waals surface area contributed by atoms with Crippen LogP contribution in [0.3, 0.4) is 0 Å². The molecule has 0 radical (unpaired) electrons. The van der Waals surface area contributed by atoms with Gasteiger partial charge in [-0.25, -0.2) is 0 Å². The summed E-state index contributed by atoms with van der Waals surface area (Å²) in [6.45, 7) is 4.85. The van der Waals surface area contributed by atoms with Crippen LogP contribution in [0.1, 0.15) is 18.4 Å². The molecule has 2 aliphatic rings. The second-order valence-electron chi connectivity index (χ2n) is 7.35. The summed E-state index contributed by atoms with van der Waals surface area (Å²) in [6.07, 6.45) is 3.12. The molecular formula is C21H33IN4O3. The number of amides is 1. The fourth-order valence-electron chi connectivity index (χ4n) is 3.93. The van der Waals surface area contributed by atoms with Gasteiger partial charge >= 0.3 is 0 Å². The molecule has 0 aliphatic carbocycles. The summed E-state index contributed by atoms with van der Waals surface area (Å²) >= 11 is 0. The Labute approximate surface area is 190 Å². The van der Waals surface area contributed by atoms with E-state index in [0.29, 0.717) is 19.1 Å². The summed E-state index contributed by atoms with van der Waals surface area (Å²) in [5.74, 6) is 1.37. The lowest BCUT2D eigenvalue weighted by Gasteiger charge is -2.30. The number of carbonyl (C=O) groups is 1. The maximum Gasteiger partial charge on any atom is 0.246 e. The lowest BCUT2D eigenvalue weighted by Crippen LogP contribution is -2.47. The van der Waals surface area contributed by atoms with Crippen molar-refractivity contribution in [1.29, 1.82) is 0 Å². The molecule has 1 unspecified atom stereocenters. The number of hydrogen-bond acceptors (Lipinski definition) is 4. The number of hydrogen-bond donors (Lipinski definition) is 1. The van der Waals surface area contributed by atoms with Gasteiger partial charge in [0.1, 0.15) is 0 Å². The molecule has 162 valence electrons. The first-order chi connectivity index (χ1) is 13.7. The summed E-state index contributed by atoms with van der Waals surface area (Å²) < 4.78 is 10.7. The minimum atomic E-state index is 0. The van der Waals surface area contributed by atoms with Crippen molar-refractivity contribution in [2.45, 2.75) is 19.3 Å². The minimum absolute atomic E-state index is 0. The Bertz CT molecular complexity index is 686. The van der Waals surface area contributed by atoms with Crippen LogP contribution in [0.4, 0.5) is 5.69 Å². The quantitative estimate of drug-likeness (QED) is 0.261. The number of ether oxygens (including phenoxy) is 2. The van der Waals surface area contributed by atoms with Gasteiger partial charge in [-0.1, -0.05) is 18.2 Å². The number of fused-ring (bicyclic) bond motifs is 1. The predicted molar refractivity (Wildman–Crippen MR) is 126 cm³/mol. The van der Waals surface area contributed by atoms with Crippen LogP contribution < -0.4 is 10.2 Å². The van der Waals surface area contributed by atoms with Gasteiger partial charge in [-0.05, 0) is 30.9 Å². The Morgan fingerprint density at radius 3 is 2.90 bits per heavy atom. The van der Waals surface area contributed by atoms with E-state index in [0.717, 1.165) is 57.2 Å². The topological polar surface area (TPSA) is 66.4 Å². The van der Waals surface area contributed by atoms with Crippen LogP contribution >= 0.6 is 24.0 Å². The molecule has 1 fully saturated rings. The molecule has 0 spiro atoms. The minimum Gasteiger partial charge on any atom is -0.382 e. The van der Waals surface area contributed by atoms with E-state index in [-0.39, 0.29) is 36.4 Å². The average molecular weight is 516 g/mol. The van der Waals surface area contributed by atoms with E-state index in [2.05, 4.69) is 21.3 Å². The highest BCUT2D eigenvalue weighted by molar-refractivity contribution is 14.0. The monoisotopic (exact) mass is 516 g/mol. The summed E-state index contributed by atoms with van der Waals surface area (Å²) in [7, 11) is 3.45. The molecule has 2 aliphatic heterocycles. The first-order valence-corrected chi connectivity index (χ1v) is 10.1. The first kappa shape index (κ1) is 23.9. The standard InChI is InChI=1S/C21H32N4O3.HI/c1-22-21(24-11-9-17(15-24)16-28-13-12-27-2)23-14-20(26)25-10-5-7-18-6-3-4-8-19(18)25;/h3-4,6,8,17H,5,7,9-16H2,1-2H3,(H,22,23);1H. The number of nitrogens with zero attached hydrogens (tertiary/aromatic N) is 3. The van der Waals surface area contributed by atoms with E-state index in [1.807, 2.05) is 23.1 Å². The van der Waals surface area contributed by atoms with E-state index in [4.69, 9.17) is 9.47 Å². The number of likely N-dealkylation sites (tertiary alicyclic amines) is 1. The van der Waals surface area contributed by atoms with Crippen LogP contribution in [0.2, 0.25) is 0 Å². The van der Waals surface area contributed by atoms with Crippen molar-refractivity contribution in [2.75, 3.05) is 65.1 Å². The molecular weight excluding hydrogens is 483 g/mol. The Kier molecular flexibility index (Phi) is 10.2. The van der Waals surface area contributed by atoms with Crippen LogP contribution in [0.15, 0.2) is 29.3 Å². The summed E-state index contributed by atoms with van der Waals surface area (Å²) in [6, 6.07) is 8.18. The molecule has 1 saturated heterocycles. The van der Waals surface area contributed by atoms with Crippen LogP contribution in [-0.4, -0.2) is 76.9 Å². The number of nitrogens with one attached hydrogen (secondary N) is 1. The lowest BCUT2D eigenvalue weighted by molar-refractivity contribution is -0.117.